The summed E-state index contributed by atoms with van der Waals surface area (Å²) in [6.45, 7) is 4.25. The molecule has 0 aliphatic carbocycles. The standard InChI is InChI=1S/C13H17NOS/c1-3-16-13-8-4-6-12(10-13)7-5-9-14-11(2)15/h4-8,10H,3,9H2,1-2H3,(H,14,15). The van der Waals surface area contributed by atoms with Crippen LogP contribution in [0.4, 0.5) is 0 Å². The topological polar surface area (TPSA) is 29.1 Å². The molecule has 1 N–H and O–H groups in total. The van der Waals surface area contributed by atoms with Crippen LogP contribution in [0.1, 0.15) is 19.4 Å². The van der Waals surface area contributed by atoms with Crippen molar-refractivity contribution >= 4 is 23.7 Å². The van der Waals surface area contributed by atoms with Crippen LogP contribution in [0.25, 0.3) is 6.08 Å². The van der Waals surface area contributed by atoms with Crippen molar-refractivity contribution in [2.45, 2.75) is 18.7 Å². The minimum atomic E-state index is -0.0000563. The van der Waals surface area contributed by atoms with Gasteiger partial charge in [-0.3, -0.25) is 4.79 Å². The van der Waals surface area contributed by atoms with E-state index in [9.17, 15) is 4.79 Å². The maximum Gasteiger partial charge on any atom is 0.217 e. The fourth-order valence-corrected chi connectivity index (χ4v) is 2.00. The van der Waals surface area contributed by atoms with E-state index in [4.69, 9.17) is 0 Å². The summed E-state index contributed by atoms with van der Waals surface area (Å²) in [5, 5.41) is 2.72. The van der Waals surface area contributed by atoms with E-state index in [1.54, 1.807) is 0 Å². The number of benzene rings is 1. The zero-order valence-electron chi connectivity index (χ0n) is 9.69. The first-order valence-corrected chi connectivity index (χ1v) is 6.34. The van der Waals surface area contributed by atoms with Crippen molar-refractivity contribution < 1.29 is 4.79 Å². The van der Waals surface area contributed by atoms with Crippen molar-refractivity contribution in [3.05, 3.63) is 35.9 Å². The maximum absolute atomic E-state index is 10.6. The van der Waals surface area contributed by atoms with Gasteiger partial charge < -0.3 is 5.32 Å². The van der Waals surface area contributed by atoms with E-state index in [0.29, 0.717) is 6.54 Å². The lowest BCUT2D eigenvalue weighted by Crippen LogP contribution is -2.19. The molecule has 0 spiro atoms. The van der Waals surface area contributed by atoms with Gasteiger partial charge in [0.15, 0.2) is 0 Å². The first-order valence-electron chi connectivity index (χ1n) is 5.36. The van der Waals surface area contributed by atoms with Crippen LogP contribution in [0, 0.1) is 0 Å². The van der Waals surface area contributed by atoms with Crippen LogP contribution in [0.5, 0.6) is 0 Å². The van der Waals surface area contributed by atoms with Gasteiger partial charge in [0.1, 0.15) is 0 Å². The number of carbonyl (C=O) groups excluding carboxylic acids is 1. The SMILES string of the molecule is CCSc1cccc(C=CCNC(C)=O)c1. The van der Waals surface area contributed by atoms with E-state index in [1.807, 2.05) is 23.9 Å². The molecule has 1 aromatic rings. The van der Waals surface area contributed by atoms with E-state index in [2.05, 4.69) is 36.5 Å². The molecule has 0 atom stereocenters. The molecule has 86 valence electrons. The first-order chi connectivity index (χ1) is 7.72. The normalized spacial score (nSPS) is 10.6. The van der Waals surface area contributed by atoms with Gasteiger partial charge in [-0.25, -0.2) is 0 Å². The summed E-state index contributed by atoms with van der Waals surface area (Å²) in [7, 11) is 0. The first kappa shape index (κ1) is 12.8. The molecule has 1 amide bonds. The third kappa shape index (κ3) is 5.03. The highest BCUT2D eigenvalue weighted by Crippen LogP contribution is 2.18. The van der Waals surface area contributed by atoms with E-state index in [1.165, 1.54) is 17.4 Å². The van der Waals surface area contributed by atoms with Gasteiger partial charge in [-0.1, -0.05) is 31.2 Å². The average Bonchev–Trinajstić information content (AvgIpc) is 2.25. The van der Waals surface area contributed by atoms with Gasteiger partial charge in [0.05, 0.1) is 0 Å². The second kappa shape index (κ2) is 7.12. The van der Waals surface area contributed by atoms with Gasteiger partial charge in [-0.05, 0) is 23.4 Å². The smallest absolute Gasteiger partial charge is 0.217 e. The highest BCUT2D eigenvalue weighted by atomic mass is 32.2. The Balaban J connectivity index is 2.52. The summed E-state index contributed by atoms with van der Waals surface area (Å²) in [6, 6.07) is 8.37. The van der Waals surface area contributed by atoms with Crippen LogP contribution < -0.4 is 5.32 Å². The van der Waals surface area contributed by atoms with E-state index >= 15 is 0 Å². The number of carbonyl (C=O) groups is 1. The van der Waals surface area contributed by atoms with Crippen molar-refractivity contribution in [2.24, 2.45) is 0 Å². The van der Waals surface area contributed by atoms with E-state index in [-0.39, 0.29) is 5.91 Å². The number of thioether (sulfide) groups is 1. The van der Waals surface area contributed by atoms with Crippen LogP contribution in [0.3, 0.4) is 0 Å². The van der Waals surface area contributed by atoms with Gasteiger partial charge in [0.25, 0.3) is 0 Å². The lowest BCUT2D eigenvalue weighted by Gasteiger charge is -2.00. The largest absolute Gasteiger partial charge is 0.353 e. The van der Waals surface area contributed by atoms with Crippen molar-refractivity contribution in [1.82, 2.24) is 5.32 Å². The Morgan fingerprint density at radius 3 is 3.00 bits per heavy atom. The molecule has 0 aliphatic heterocycles. The highest BCUT2D eigenvalue weighted by Gasteiger charge is 1.92. The Morgan fingerprint density at radius 2 is 2.31 bits per heavy atom. The summed E-state index contributed by atoms with van der Waals surface area (Å²) in [5.41, 5.74) is 1.17. The molecule has 0 radical (unpaired) electrons. The maximum atomic E-state index is 10.6. The lowest BCUT2D eigenvalue weighted by atomic mass is 10.2. The quantitative estimate of drug-likeness (QED) is 0.795. The summed E-state index contributed by atoms with van der Waals surface area (Å²) >= 11 is 1.83. The molecule has 1 aromatic carbocycles. The predicted octanol–water partition coefficient (Wildman–Crippen LogP) is 2.95. The van der Waals surface area contributed by atoms with Crippen LogP contribution in [0.15, 0.2) is 35.2 Å². The molecule has 0 bridgehead atoms. The van der Waals surface area contributed by atoms with Gasteiger partial charge in [-0.2, -0.15) is 0 Å². The molecule has 16 heavy (non-hydrogen) atoms. The van der Waals surface area contributed by atoms with Gasteiger partial charge in [-0.15, -0.1) is 11.8 Å². The molecule has 1 rings (SSSR count). The zero-order chi connectivity index (χ0) is 11.8. The predicted molar refractivity (Wildman–Crippen MR) is 70.6 cm³/mol. The fourth-order valence-electron chi connectivity index (χ4n) is 1.27. The Kier molecular flexibility index (Phi) is 5.72. The van der Waals surface area contributed by atoms with Crippen LogP contribution in [-0.2, 0) is 4.79 Å². The minimum absolute atomic E-state index is 0.0000563. The number of rotatable bonds is 5. The van der Waals surface area contributed by atoms with Crippen LogP contribution in [-0.4, -0.2) is 18.2 Å². The fraction of sp³-hybridized carbons (Fsp3) is 0.308. The van der Waals surface area contributed by atoms with Crippen molar-refractivity contribution in [1.29, 1.82) is 0 Å². The van der Waals surface area contributed by atoms with Crippen molar-refractivity contribution in [3.63, 3.8) is 0 Å². The molecule has 3 heteroatoms. The van der Waals surface area contributed by atoms with Crippen LogP contribution in [0.2, 0.25) is 0 Å². The minimum Gasteiger partial charge on any atom is -0.353 e. The number of hydrogen-bond donors (Lipinski definition) is 1. The Labute approximate surface area is 101 Å². The molecule has 0 aromatic heterocycles. The van der Waals surface area contributed by atoms with Crippen LogP contribution >= 0.6 is 11.8 Å². The Bertz CT molecular complexity index is 374. The monoisotopic (exact) mass is 235 g/mol. The molecule has 0 heterocycles. The Hall–Kier alpha value is -1.22. The van der Waals surface area contributed by atoms with Crippen molar-refractivity contribution in [3.8, 4) is 0 Å². The third-order valence-corrected chi connectivity index (χ3v) is 2.82. The molecular formula is C13H17NOS. The van der Waals surface area contributed by atoms with Gasteiger partial charge >= 0.3 is 0 Å². The number of nitrogens with one attached hydrogen (secondary N) is 1. The second-order valence-corrected chi connectivity index (χ2v) is 4.68. The summed E-state index contributed by atoms with van der Waals surface area (Å²) in [4.78, 5) is 11.9. The summed E-state index contributed by atoms with van der Waals surface area (Å²) in [5.74, 6) is 1.08. The van der Waals surface area contributed by atoms with Crippen molar-refractivity contribution in [2.75, 3.05) is 12.3 Å². The molecule has 0 unspecified atom stereocenters. The van der Waals surface area contributed by atoms with Gasteiger partial charge in [0.2, 0.25) is 5.91 Å². The second-order valence-electron chi connectivity index (χ2n) is 3.34. The molecule has 0 saturated carbocycles. The average molecular weight is 235 g/mol. The molecular weight excluding hydrogens is 218 g/mol. The lowest BCUT2D eigenvalue weighted by molar-refractivity contribution is -0.118. The number of amides is 1. The Morgan fingerprint density at radius 1 is 1.50 bits per heavy atom. The van der Waals surface area contributed by atoms with E-state index in [0.717, 1.165) is 5.75 Å². The molecule has 0 saturated heterocycles. The number of hydrogen-bond acceptors (Lipinski definition) is 2. The molecule has 0 aliphatic rings. The summed E-state index contributed by atoms with van der Waals surface area (Å²) in [6.07, 6.45) is 3.98. The zero-order valence-corrected chi connectivity index (χ0v) is 10.5. The highest BCUT2D eigenvalue weighted by molar-refractivity contribution is 7.99. The van der Waals surface area contributed by atoms with Gasteiger partial charge in [0, 0.05) is 18.4 Å². The summed E-state index contributed by atoms with van der Waals surface area (Å²) < 4.78 is 0. The molecule has 2 nitrogen and oxygen atoms in total. The van der Waals surface area contributed by atoms with E-state index < -0.39 is 0 Å². The molecule has 0 fully saturated rings. The third-order valence-electron chi connectivity index (χ3n) is 1.95.